The molecule has 2 heterocycles. The second-order valence-corrected chi connectivity index (χ2v) is 7.45. The molecule has 0 unspecified atom stereocenters. The van der Waals surface area contributed by atoms with Crippen LogP contribution in [0.1, 0.15) is 23.2 Å². The third-order valence-corrected chi connectivity index (χ3v) is 5.75. The normalized spacial score (nSPS) is 26.6. The molecule has 1 aliphatic carbocycles. The number of aliphatic hydroxyl groups is 1. The Labute approximate surface area is 163 Å². The van der Waals surface area contributed by atoms with Crippen molar-refractivity contribution in [1.29, 1.82) is 0 Å². The number of anilines is 1. The summed E-state index contributed by atoms with van der Waals surface area (Å²) in [6.45, 7) is 1.40. The molecule has 28 heavy (non-hydrogen) atoms. The van der Waals surface area contributed by atoms with Crippen molar-refractivity contribution in [2.24, 2.45) is 11.8 Å². The van der Waals surface area contributed by atoms with Crippen LogP contribution >= 0.6 is 0 Å². The number of carboxylic acids is 1. The first-order valence-electron chi connectivity index (χ1n) is 9.47. The summed E-state index contributed by atoms with van der Waals surface area (Å²) < 4.78 is 11.4. The van der Waals surface area contributed by atoms with Gasteiger partial charge in [0.1, 0.15) is 17.5 Å². The van der Waals surface area contributed by atoms with E-state index in [4.69, 9.17) is 9.47 Å². The molecule has 0 amide bonds. The second kappa shape index (κ2) is 7.67. The van der Waals surface area contributed by atoms with Gasteiger partial charge >= 0.3 is 5.97 Å². The number of pyridine rings is 1. The zero-order valence-electron chi connectivity index (χ0n) is 15.7. The van der Waals surface area contributed by atoms with Crippen LogP contribution in [-0.4, -0.2) is 53.6 Å². The summed E-state index contributed by atoms with van der Waals surface area (Å²) in [6.07, 6.45) is 2.05. The minimum absolute atomic E-state index is 0.212. The number of aromatic carboxylic acids is 1. The number of nitrogens with zero attached hydrogens (tertiary/aromatic N) is 2. The minimum atomic E-state index is -0.976. The van der Waals surface area contributed by atoms with Gasteiger partial charge in [-0.2, -0.15) is 0 Å². The van der Waals surface area contributed by atoms with Crippen molar-refractivity contribution in [2.75, 3.05) is 25.1 Å². The lowest BCUT2D eigenvalue weighted by atomic mass is 9.78. The molecule has 148 valence electrons. The largest absolute Gasteiger partial charge is 0.493 e. The SMILES string of the molecule is COc1ccccc1O[C@@H]1C[C@@H]2CN(c3ncccc3C(=O)O)C[C@@H]2C[C@H]1O. The zero-order chi connectivity index (χ0) is 19.7. The van der Waals surface area contributed by atoms with Gasteiger partial charge < -0.3 is 24.6 Å². The van der Waals surface area contributed by atoms with E-state index < -0.39 is 12.1 Å². The third kappa shape index (κ3) is 3.49. The quantitative estimate of drug-likeness (QED) is 0.818. The highest BCUT2D eigenvalue weighted by atomic mass is 16.5. The molecule has 2 aliphatic rings. The molecule has 1 saturated carbocycles. The molecule has 7 nitrogen and oxygen atoms in total. The molecular formula is C21H24N2O5. The average molecular weight is 384 g/mol. The second-order valence-electron chi connectivity index (χ2n) is 7.45. The van der Waals surface area contributed by atoms with Crippen LogP contribution in [0.15, 0.2) is 42.6 Å². The van der Waals surface area contributed by atoms with E-state index in [1.54, 1.807) is 25.4 Å². The Balaban J connectivity index is 1.49. The molecule has 1 aromatic carbocycles. The molecule has 0 bridgehead atoms. The molecule has 4 atom stereocenters. The summed E-state index contributed by atoms with van der Waals surface area (Å²) in [5.74, 6) is 1.39. The number of para-hydroxylation sites is 2. The summed E-state index contributed by atoms with van der Waals surface area (Å²) in [5.41, 5.74) is 0.212. The van der Waals surface area contributed by atoms with Crippen molar-refractivity contribution < 1.29 is 24.5 Å². The zero-order valence-corrected chi connectivity index (χ0v) is 15.7. The van der Waals surface area contributed by atoms with E-state index in [0.717, 1.165) is 0 Å². The summed E-state index contributed by atoms with van der Waals surface area (Å²) in [7, 11) is 1.59. The lowest BCUT2D eigenvalue weighted by Gasteiger charge is -2.35. The fourth-order valence-corrected chi connectivity index (χ4v) is 4.38. The van der Waals surface area contributed by atoms with Crippen LogP contribution < -0.4 is 14.4 Å². The topological polar surface area (TPSA) is 92.1 Å². The Hall–Kier alpha value is -2.80. The summed E-state index contributed by atoms with van der Waals surface area (Å²) in [6, 6.07) is 10.6. The number of aliphatic hydroxyl groups excluding tert-OH is 1. The van der Waals surface area contributed by atoms with Gasteiger partial charge in [0.25, 0.3) is 0 Å². The summed E-state index contributed by atoms with van der Waals surface area (Å²) >= 11 is 0. The van der Waals surface area contributed by atoms with Crippen LogP contribution in [0, 0.1) is 11.8 Å². The van der Waals surface area contributed by atoms with Gasteiger partial charge in [-0.05, 0) is 48.9 Å². The number of fused-ring (bicyclic) bond motifs is 1. The smallest absolute Gasteiger partial charge is 0.339 e. The number of ether oxygens (including phenoxy) is 2. The fourth-order valence-electron chi connectivity index (χ4n) is 4.38. The van der Waals surface area contributed by atoms with Crippen molar-refractivity contribution in [3.8, 4) is 11.5 Å². The van der Waals surface area contributed by atoms with E-state index in [-0.39, 0.29) is 17.6 Å². The molecule has 1 aliphatic heterocycles. The predicted molar refractivity (Wildman–Crippen MR) is 103 cm³/mol. The van der Waals surface area contributed by atoms with Gasteiger partial charge in [0.2, 0.25) is 0 Å². The molecule has 7 heteroatoms. The highest BCUT2D eigenvalue weighted by Crippen LogP contribution is 2.40. The molecule has 0 radical (unpaired) electrons. The van der Waals surface area contributed by atoms with Gasteiger partial charge in [-0.1, -0.05) is 12.1 Å². The van der Waals surface area contributed by atoms with Crippen LogP contribution in [0.2, 0.25) is 0 Å². The highest BCUT2D eigenvalue weighted by Gasteiger charge is 2.43. The first-order valence-corrected chi connectivity index (χ1v) is 9.47. The molecular weight excluding hydrogens is 360 g/mol. The maximum atomic E-state index is 11.5. The van der Waals surface area contributed by atoms with Crippen LogP contribution in [0.5, 0.6) is 11.5 Å². The van der Waals surface area contributed by atoms with Gasteiger partial charge in [0, 0.05) is 19.3 Å². The van der Waals surface area contributed by atoms with Crippen molar-refractivity contribution in [3.63, 3.8) is 0 Å². The van der Waals surface area contributed by atoms with E-state index in [9.17, 15) is 15.0 Å². The van der Waals surface area contributed by atoms with Gasteiger partial charge in [0.05, 0.1) is 13.2 Å². The van der Waals surface area contributed by atoms with E-state index in [1.807, 2.05) is 29.2 Å². The number of hydrogen-bond donors (Lipinski definition) is 2. The summed E-state index contributed by atoms with van der Waals surface area (Å²) in [4.78, 5) is 17.9. The van der Waals surface area contributed by atoms with Gasteiger partial charge in [-0.25, -0.2) is 9.78 Å². The standard InChI is InChI=1S/C21H24N2O5/c1-27-17-6-2-3-7-18(17)28-19-10-14-12-23(11-13(14)9-16(19)24)20-15(21(25)26)5-4-8-22-20/h2-8,13-14,16,19,24H,9-12H2,1H3,(H,25,26)/t13-,14+,16+,19+/m0/s1. The Bertz CT molecular complexity index is 858. The van der Waals surface area contributed by atoms with Gasteiger partial charge in [0.15, 0.2) is 11.5 Å². The van der Waals surface area contributed by atoms with Gasteiger partial charge in [-0.3, -0.25) is 0 Å². The first-order chi connectivity index (χ1) is 13.6. The third-order valence-electron chi connectivity index (χ3n) is 5.75. The van der Waals surface area contributed by atoms with E-state index in [2.05, 4.69) is 4.98 Å². The van der Waals surface area contributed by atoms with Gasteiger partial charge in [-0.15, -0.1) is 0 Å². The molecule has 1 aromatic heterocycles. The van der Waals surface area contributed by atoms with E-state index in [0.29, 0.717) is 49.2 Å². The Morgan fingerprint density at radius 3 is 2.54 bits per heavy atom. The maximum absolute atomic E-state index is 11.5. The summed E-state index contributed by atoms with van der Waals surface area (Å²) in [5, 5.41) is 20.1. The molecule has 0 spiro atoms. The van der Waals surface area contributed by atoms with Crippen molar-refractivity contribution in [1.82, 2.24) is 4.98 Å². The fraction of sp³-hybridized carbons (Fsp3) is 0.429. The number of aromatic nitrogens is 1. The first kappa shape index (κ1) is 18.6. The number of benzene rings is 1. The van der Waals surface area contributed by atoms with Crippen LogP contribution in [0.25, 0.3) is 0 Å². The number of carbonyl (C=O) groups is 1. The molecule has 1 saturated heterocycles. The van der Waals surface area contributed by atoms with Crippen molar-refractivity contribution in [2.45, 2.75) is 25.0 Å². The molecule has 2 aromatic rings. The Morgan fingerprint density at radius 1 is 1.11 bits per heavy atom. The number of rotatable bonds is 5. The van der Waals surface area contributed by atoms with E-state index in [1.165, 1.54) is 0 Å². The average Bonchev–Trinajstić information content (AvgIpc) is 3.11. The Kier molecular flexibility index (Phi) is 5.09. The predicted octanol–water partition coefficient (Wildman–Crippen LogP) is 2.44. The minimum Gasteiger partial charge on any atom is -0.493 e. The van der Waals surface area contributed by atoms with Crippen LogP contribution in [0.3, 0.4) is 0 Å². The Morgan fingerprint density at radius 2 is 1.82 bits per heavy atom. The highest BCUT2D eigenvalue weighted by molar-refractivity contribution is 5.93. The maximum Gasteiger partial charge on any atom is 0.339 e. The number of carboxylic acid groups (broad SMARTS) is 1. The molecule has 2 N–H and O–H groups in total. The van der Waals surface area contributed by atoms with E-state index >= 15 is 0 Å². The van der Waals surface area contributed by atoms with Crippen LogP contribution in [-0.2, 0) is 0 Å². The monoisotopic (exact) mass is 384 g/mol. The molecule has 2 fully saturated rings. The molecule has 4 rings (SSSR count). The lowest BCUT2D eigenvalue weighted by Crippen LogP contribution is -2.42. The number of methoxy groups -OCH3 is 1. The van der Waals surface area contributed by atoms with Crippen LogP contribution in [0.4, 0.5) is 5.82 Å². The lowest BCUT2D eigenvalue weighted by molar-refractivity contribution is -0.0240. The number of hydrogen-bond acceptors (Lipinski definition) is 6. The van der Waals surface area contributed by atoms with Crippen molar-refractivity contribution >= 4 is 11.8 Å². The van der Waals surface area contributed by atoms with Crippen molar-refractivity contribution in [3.05, 3.63) is 48.2 Å².